The number of anilines is 3. The van der Waals surface area contributed by atoms with Crippen LogP contribution in [0.4, 0.5) is 17.5 Å². The van der Waals surface area contributed by atoms with Crippen LogP contribution >= 0.6 is 0 Å². The average molecular weight is 517 g/mol. The van der Waals surface area contributed by atoms with E-state index in [1.807, 2.05) is 72.8 Å². The number of nitrogen functional groups attached to an aromatic ring is 1. The number of nitrogens with zero attached hydrogens (tertiary/aromatic N) is 5. The molecule has 0 aliphatic heterocycles. The summed E-state index contributed by atoms with van der Waals surface area (Å²) in [6.07, 6.45) is 1.55. The molecule has 1 amide bonds. The van der Waals surface area contributed by atoms with Crippen molar-refractivity contribution in [3.8, 4) is 22.8 Å². The molecule has 5 aromatic rings. The summed E-state index contributed by atoms with van der Waals surface area (Å²) in [6.45, 7) is 7.37. The quantitative estimate of drug-likeness (QED) is 0.193. The van der Waals surface area contributed by atoms with Crippen molar-refractivity contribution in [1.29, 1.82) is 0 Å². The van der Waals surface area contributed by atoms with E-state index in [2.05, 4.69) is 25.3 Å². The molecule has 0 bridgehead atoms. The van der Waals surface area contributed by atoms with Crippen LogP contribution in [0.5, 0.6) is 11.5 Å². The van der Waals surface area contributed by atoms with Crippen LogP contribution in [0.1, 0.15) is 5.56 Å². The number of nitrogens with one attached hydrogen (secondary N) is 2. The Hall–Kier alpha value is -5.69. The van der Waals surface area contributed by atoms with Crippen LogP contribution < -0.4 is 15.8 Å². The number of fused-ring (bicyclic) bond motifs is 1. The third-order valence-electron chi connectivity index (χ3n) is 5.74. The summed E-state index contributed by atoms with van der Waals surface area (Å²) in [5, 5.41) is 10.8. The Bertz CT molecular complexity index is 1720. The molecule has 0 aliphatic rings. The fraction of sp³-hybridized carbons (Fsp3) is 0.0690. The molecular formula is C29H24N8O2. The van der Waals surface area contributed by atoms with Gasteiger partial charge in [-0.15, -0.1) is 0 Å². The van der Waals surface area contributed by atoms with Gasteiger partial charge in [0.05, 0.1) is 17.7 Å². The smallest absolute Gasteiger partial charge is 0.252 e. The summed E-state index contributed by atoms with van der Waals surface area (Å²) in [5.41, 5.74) is 9.35. The normalized spacial score (nSPS) is 11.2. The monoisotopic (exact) mass is 516 g/mol. The van der Waals surface area contributed by atoms with E-state index in [4.69, 9.17) is 22.0 Å². The van der Waals surface area contributed by atoms with Crippen LogP contribution in [0, 0.1) is 6.57 Å². The predicted molar refractivity (Wildman–Crippen MR) is 151 cm³/mol. The number of hydrogen-bond donors (Lipinski definition) is 3. The van der Waals surface area contributed by atoms with E-state index in [-0.39, 0.29) is 11.6 Å². The van der Waals surface area contributed by atoms with Gasteiger partial charge in [0.15, 0.2) is 5.65 Å². The van der Waals surface area contributed by atoms with Crippen molar-refractivity contribution in [3.05, 3.63) is 102 Å². The average Bonchev–Trinajstić information content (AvgIpc) is 3.32. The number of nitrogens with two attached hydrogens (primary N) is 1. The minimum Gasteiger partial charge on any atom is -0.457 e. The van der Waals surface area contributed by atoms with Crippen LogP contribution in [-0.2, 0) is 4.79 Å². The van der Waals surface area contributed by atoms with Gasteiger partial charge in [-0.25, -0.2) is 9.83 Å². The molecule has 0 radical (unpaired) electrons. The van der Waals surface area contributed by atoms with E-state index in [9.17, 15) is 4.79 Å². The number of carbonyl (C=O) groups excluding carboxylic acids is 1. The first-order valence-corrected chi connectivity index (χ1v) is 11.9. The second-order valence-electron chi connectivity index (χ2n) is 8.76. The van der Waals surface area contributed by atoms with Gasteiger partial charge in [-0.3, -0.25) is 9.89 Å². The molecule has 4 N–H and O–H groups in total. The lowest BCUT2D eigenvalue weighted by molar-refractivity contribution is -0.124. The van der Waals surface area contributed by atoms with E-state index in [1.165, 1.54) is 4.90 Å². The standard InChI is InChI=1S/C29H24N8O2/c1-31-23(28(38)37(2)3)17-18-8-7-9-20(16-18)32-29-33-25(24-26(30)35-36-27(24)34-29)19-12-14-22(15-13-19)39-21-10-5-4-6-11-21/h4-17H,2-3H3,(H4,30,32,33,34,35,36)/b23-17-. The minimum absolute atomic E-state index is 0.0174. The number of para-hydroxylation sites is 1. The number of amides is 1. The zero-order valence-electron chi connectivity index (χ0n) is 21.2. The van der Waals surface area contributed by atoms with E-state index in [0.717, 1.165) is 11.3 Å². The number of carbonyl (C=O) groups is 1. The summed E-state index contributed by atoms with van der Waals surface area (Å²) in [7, 11) is 3.21. The number of ether oxygens (including phenoxy) is 1. The van der Waals surface area contributed by atoms with Crippen molar-refractivity contribution < 1.29 is 9.53 Å². The molecule has 5 rings (SSSR count). The van der Waals surface area contributed by atoms with Crippen molar-refractivity contribution >= 4 is 40.5 Å². The van der Waals surface area contributed by atoms with Crippen LogP contribution in [0.25, 0.3) is 33.2 Å². The van der Waals surface area contributed by atoms with Gasteiger partial charge in [0.1, 0.15) is 17.3 Å². The van der Waals surface area contributed by atoms with Crippen LogP contribution in [0.15, 0.2) is 84.6 Å². The van der Waals surface area contributed by atoms with Gasteiger partial charge < -0.3 is 20.7 Å². The molecule has 0 fully saturated rings. The lowest BCUT2D eigenvalue weighted by atomic mass is 10.1. The van der Waals surface area contributed by atoms with E-state index in [0.29, 0.717) is 45.5 Å². The highest BCUT2D eigenvalue weighted by Crippen LogP contribution is 2.32. The van der Waals surface area contributed by atoms with Crippen molar-refractivity contribution in [2.75, 3.05) is 25.1 Å². The predicted octanol–water partition coefficient (Wildman–Crippen LogP) is 5.49. The first-order chi connectivity index (χ1) is 18.9. The van der Waals surface area contributed by atoms with E-state index >= 15 is 0 Å². The number of H-pyrrole nitrogens is 1. The molecule has 192 valence electrons. The topological polar surface area (TPSA) is 126 Å². The minimum atomic E-state index is -0.363. The molecular weight excluding hydrogens is 492 g/mol. The highest BCUT2D eigenvalue weighted by Gasteiger charge is 2.16. The Balaban J connectivity index is 1.46. The third-order valence-corrected chi connectivity index (χ3v) is 5.74. The Kier molecular flexibility index (Phi) is 6.88. The van der Waals surface area contributed by atoms with Gasteiger partial charge in [-0.2, -0.15) is 10.1 Å². The van der Waals surface area contributed by atoms with Gasteiger partial charge in [-0.1, -0.05) is 30.3 Å². The highest BCUT2D eigenvalue weighted by molar-refractivity contribution is 6.00. The molecule has 0 aliphatic carbocycles. The maximum Gasteiger partial charge on any atom is 0.252 e. The summed E-state index contributed by atoms with van der Waals surface area (Å²) >= 11 is 0. The summed E-state index contributed by atoms with van der Waals surface area (Å²) in [5.74, 6) is 1.74. The van der Waals surface area contributed by atoms with Crippen molar-refractivity contribution in [2.45, 2.75) is 0 Å². The zero-order valence-corrected chi connectivity index (χ0v) is 21.2. The number of hydrogen-bond acceptors (Lipinski definition) is 7. The Morgan fingerprint density at radius 2 is 1.77 bits per heavy atom. The number of rotatable bonds is 7. The third kappa shape index (κ3) is 5.52. The SMILES string of the molecule is [C-]#[N+]/C(=C\c1cccc(Nc2nc(-c3ccc(Oc4ccccc4)cc3)c3c(N)[nH]nc3n2)c1)C(=O)N(C)C. The zero-order chi connectivity index (χ0) is 27.4. The molecule has 10 nitrogen and oxygen atoms in total. The molecule has 0 atom stereocenters. The summed E-state index contributed by atoms with van der Waals surface area (Å²) < 4.78 is 5.91. The Morgan fingerprint density at radius 1 is 1.03 bits per heavy atom. The lowest BCUT2D eigenvalue weighted by Crippen LogP contribution is -2.22. The highest BCUT2D eigenvalue weighted by atomic mass is 16.5. The second kappa shape index (κ2) is 10.7. The number of aromatic amines is 1. The number of likely N-dealkylation sites (N-methyl/N-ethyl adjacent to an activating group) is 1. The van der Waals surface area contributed by atoms with Gasteiger partial charge >= 0.3 is 0 Å². The molecule has 0 saturated heterocycles. The fourth-order valence-electron chi connectivity index (χ4n) is 3.88. The molecule has 2 heterocycles. The first kappa shape index (κ1) is 25.0. The van der Waals surface area contributed by atoms with Gasteiger partial charge in [0, 0.05) is 25.3 Å². The molecule has 39 heavy (non-hydrogen) atoms. The van der Waals surface area contributed by atoms with Crippen LogP contribution in [-0.4, -0.2) is 45.1 Å². The lowest BCUT2D eigenvalue weighted by Gasteiger charge is -2.11. The van der Waals surface area contributed by atoms with Crippen LogP contribution in [0.2, 0.25) is 0 Å². The van der Waals surface area contributed by atoms with Gasteiger partial charge in [-0.05, 0) is 60.2 Å². The first-order valence-electron chi connectivity index (χ1n) is 11.9. The van der Waals surface area contributed by atoms with Gasteiger partial charge in [0.2, 0.25) is 5.95 Å². The molecule has 3 aromatic carbocycles. The van der Waals surface area contributed by atoms with Crippen LogP contribution in [0.3, 0.4) is 0 Å². The molecule has 0 unspecified atom stereocenters. The maximum atomic E-state index is 12.2. The molecule has 2 aromatic heterocycles. The largest absolute Gasteiger partial charge is 0.457 e. The van der Waals surface area contributed by atoms with E-state index in [1.54, 1.807) is 26.2 Å². The van der Waals surface area contributed by atoms with Crippen molar-refractivity contribution in [3.63, 3.8) is 0 Å². The number of benzene rings is 3. The van der Waals surface area contributed by atoms with E-state index < -0.39 is 0 Å². The number of aromatic nitrogens is 4. The second-order valence-corrected chi connectivity index (χ2v) is 8.76. The Labute approximate surface area is 224 Å². The molecule has 0 saturated carbocycles. The Morgan fingerprint density at radius 3 is 2.49 bits per heavy atom. The molecule has 10 heteroatoms. The maximum absolute atomic E-state index is 12.2. The summed E-state index contributed by atoms with van der Waals surface area (Å²) in [6, 6.07) is 24.3. The summed E-state index contributed by atoms with van der Waals surface area (Å²) in [4.78, 5) is 26.2. The molecule has 0 spiro atoms. The van der Waals surface area contributed by atoms with Crippen molar-refractivity contribution in [1.82, 2.24) is 25.1 Å². The fourth-order valence-corrected chi connectivity index (χ4v) is 3.88. The van der Waals surface area contributed by atoms with Gasteiger partial charge in [0.25, 0.3) is 11.6 Å². The van der Waals surface area contributed by atoms with Crippen molar-refractivity contribution in [2.24, 2.45) is 0 Å².